The Kier molecular flexibility index (Phi) is 3.24. The minimum Gasteiger partial charge on any atom is -0.312 e. The number of hydrogen-bond donors (Lipinski definition) is 2. The second-order valence-corrected chi connectivity index (χ2v) is 6.36. The van der Waals surface area contributed by atoms with Gasteiger partial charge < -0.3 is 5.32 Å². The van der Waals surface area contributed by atoms with Crippen molar-refractivity contribution in [3.8, 4) is 0 Å². The second-order valence-electron chi connectivity index (χ2n) is 4.48. The SMILES string of the molecule is Cc1n[nH]c(C)c1S(=O)(=O)N1CCN[C@@H](C)C1. The van der Waals surface area contributed by atoms with Crippen LogP contribution in [0.15, 0.2) is 4.90 Å². The van der Waals surface area contributed by atoms with Crippen molar-refractivity contribution in [2.45, 2.75) is 31.7 Å². The summed E-state index contributed by atoms with van der Waals surface area (Å²) in [4.78, 5) is 0.326. The van der Waals surface area contributed by atoms with Crippen LogP contribution in [0.4, 0.5) is 0 Å². The summed E-state index contributed by atoms with van der Waals surface area (Å²) in [6.07, 6.45) is 0. The van der Waals surface area contributed by atoms with Gasteiger partial charge in [0, 0.05) is 25.7 Å². The van der Waals surface area contributed by atoms with Crippen molar-refractivity contribution in [3.05, 3.63) is 11.4 Å². The first-order valence-corrected chi connectivity index (χ1v) is 7.12. The molecule has 1 aromatic rings. The number of sulfonamides is 1. The van der Waals surface area contributed by atoms with E-state index >= 15 is 0 Å². The fourth-order valence-corrected chi connectivity index (χ4v) is 4.03. The molecule has 2 N–H and O–H groups in total. The Balaban J connectivity index is 2.36. The molecule has 0 saturated carbocycles. The van der Waals surface area contributed by atoms with Crippen LogP contribution in [0.25, 0.3) is 0 Å². The van der Waals surface area contributed by atoms with Gasteiger partial charge in [-0.3, -0.25) is 5.10 Å². The number of H-pyrrole nitrogens is 1. The van der Waals surface area contributed by atoms with Crippen LogP contribution in [0.1, 0.15) is 18.3 Å². The lowest BCUT2D eigenvalue weighted by atomic mass is 10.3. The summed E-state index contributed by atoms with van der Waals surface area (Å²) in [5, 5.41) is 9.90. The molecule has 0 unspecified atom stereocenters. The highest BCUT2D eigenvalue weighted by molar-refractivity contribution is 7.89. The summed E-state index contributed by atoms with van der Waals surface area (Å²) in [5.74, 6) is 0. The average Bonchev–Trinajstić information content (AvgIpc) is 2.59. The first kappa shape index (κ1) is 12.5. The Hall–Kier alpha value is -0.920. The van der Waals surface area contributed by atoms with Crippen molar-refractivity contribution in [2.75, 3.05) is 19.6 Å². The van der Waals surface area contributed by atoms with Crippen LogP contribution in [0.2, 0.25) is 0 Å². The van der Waals surface area contributed by atoms with E-state index < -0.39 is 10.0 Å². The van der Waals surface area contributed by atoms with Gasteiger partial charge in [-0.15, -0.1) is 0 Å². The van der Waals surface area contributed by atoms with Crippen molar-refractivity contribution in [2.24, 2.45) is 0 Å². The van der Waals surface area contributed by atoms with E-state index in [9.17, 15) is 8.42 Å². The number of hydrogen-bond acceptors (Lipinski definition) is 4. The molecular formula is C10H18N4O2S. The lowest BCUT2D eigenvalue weighted by Crippen LogP contribution is -2.51. The number of piperazine rings is 1. The minimum atomic E-state index is -3.41. The van der Waals surface area contributed by atoms with Gasteiger partial charge in [0.1, 0.15) is 4.90 Å². The highest BCUT2D eigenvalue weighted by atomic mass is 32.2. The number of aromatic nitrogens is 2. The van der Waals surface area contributed by atoms with Gasteiger partial charge in [-0.1, -0.05) is 0 Å². The van der Waals surface area contributed by atoms with Gasteiger partial charge in [-0.25, -0.2) is 8.42 Å². The predicted molar refractivity (Wildman–Crippen MR) is 64.3 cm³/mol. The van der Waals surface area contributed by atoms with Gasteiger partial charge in [0.2, 0.25) is 10.0 Å². The quantitative estimate of drug-likeness (QED) is 0.783. The molecule has 0 amide bonds. The Bertz CT molecular complexity index is 489. The smallest absolute Gasteiger partial charge is 0.246 e. The maximum absolute atomic E-state index is 12.5. The fraction of sp³-hybridized carbons (Fsp3) is 0.700. The van der Waals surface area contributed by atoms with E-state index in [0.29, 0.717) is 35.9 Å². The monoisotopic (exact) mass is 258 g/mol. The molecule has 1 aromatic heterocycles. The highest BCUT2D eigenvalue weighted by Crippen LogP contribution is 2.22. The molecule has 96 valence electrons. The van der Waals surface area contributed by atoms with Crippen LogP contribution in [-0.4, -0.2) is 48.6 Å². The third-order valence-corrected chi connectivity index (χ3v) is 5.12. The normalized spacial score (nSPS) is 22.9. The van der Waals surface area contributed by atoms with Crippen molar-refractivity contribution < 1.29 is 8.42 Å². The molecule has 0 aromatic carbocycles. The maximum atomic E-state index is 12.5. The summed E-state index contributed by atoms with van der Waals surface area (Å²) in [6.45, 7) is 7.14. The molecule has 0 spiro atoms. The van der Waals surface area contributed by atoms with Crippen LogP contribution < -0.4 is 5.32 Å². The Morgan fingerprint density at radius 3 is 2.65 bits per heavy atom. The van der Waals surface area contributed by atoms with E-state index in [0.717, 1.165) is 0 Å². The lowest BCUT2D eigenvalue weighted by molar-refractivity contribution is 0.310. The summed E-state index contributed by atoms with van der Waals surface area (Å²) < 4.78 is 26.5. The third-order valence-electron chi connectivity index (χ3n) is 2.99. The summed E-state index contributed by atoms with van der Waals surface area (Å²) in [7, 11) is -3.41. The largest absolute Gasteiger partial charge is 0.312 e. The van der Waals surface area contributed by atoms with E-state index in [-0.39, 0.29) is 6.04 Å². The van der Waals surface area contributed by atoms with Crippen LogP contribution in [0.3, 0.4) is 0 Å². The van der Waals surface area contributed by atoms with Gasteiger partial charge in [0.25, 0.3) is 0 Å². The summed E-state index contributed by atoms with van der Waals surface area (Å²) >= 11 is 0. The number of nitrogens with one attached hydrogen (secondary N) is 2. The molecule has 0 bridgehead atoms. The molecule has 0 aliphatic carbocycles. The molecule has 1 saturated heterocycles. The van der Waals surface area contributed by atoms with Crippen molar-refractivity contribution in [1.29, 1.82) is 0 Å². The Morgan fingerprint density at radius 1 is 1.41 bits per heavy atom. The fourth-order valence-electron chi connectivity index (χ4n) is 2.17. The molecule has 2 heterocycles. The Labute approximate surface area is 101 Å². The van der Waals surface area contributed by atoms with Crippen LogP contribution in [0.5, 0.6) is 0 Å². The zero-order valence-electron chi connectivity index (χ0n) is 10.3. The average molecular weight is 258 g/mol. The minimum absolute atomic E-state index is 0.186. The van der Waals surface area contributed by atoms with Gasteiger partial charge in [-0.05, 0) is 20.8 Å². The number of aryl methyl sites for hydroxylation is 2. The number of rotatable bonds is 2. The van der Waals surface area contributed by atoms with Gasteiger partial charge in [0.15, 0.2) is 0 Å². The van der Waals surface area contributed by atoms with E-state index in [1.165, 1.54) is 4.31 Å². The zero-order chi connectivity index (χ0) is 12.6. The number of aromatic amines is 1. The topological polar surface area (TPSA) is 78.1 Å². The van der Waals surface area contributed by atoms with Crippen LogP contribution >= 0.6 is 0 Å². The van der Waals surface area contributed by atoms with E-state index in [1.54, 1.807) is 13.8 Å². The lowest BCUT2D eigenvalue weighted by Gasteiger charge is -2.31. The molecule has 1 atom stereocenters. The van der Waals surface area contributed by atoms with E-state index in [2.05, 4.69) is 15.5 Å². The predicted octanol–water partition coefficient (Wildman–Crippen LogP) is 0.00894. The maximum Gasteiger partial charge on any atom is 0.246 e. The van der Waals surface area contributed by atoms with Gasteiger partial charge >= 0.3 is 0 Å². The van der Waals surface area contributed by atoms with Crippen LogP contribution in [0, 0.1) is 13.8 Å². The molecule has 7 heteroatoms. The molecule has 2 rings (SSSR count). The zero-order valence-corrected chi connectivity index (χ0v) is 11.1. The summed E-state index contributed by atoms with van der Waals surface area (Å²) in [6, 6.07) is 0.186. The van der Waals surface area contributed by atoms with E-state index in [1.807, 2.05) is 6.92 Å². The molecule has 17 heavy (non-hydrogen) atoms. The molecule has 1 aliphatic heterocycles. The Morgan fingerprint density at radius 2 is 2.12 bits per heavy atom. The van der Waals surface area contributed by atoms with Crippen molar-refractivity contribution >= 4 is 10.0 Å². The van der Waals surface area contributed by atoms with E-state index in [4.69, 9.17) is 0 Å². The number of nitrogens with zero attached hydrogens (tertiary/aromatic N) is 2. The van der Waals surface area contributed by atoms with Gasteiger partial charge in [-0.2, -0.15) is 9.40 Å². The standard InChI is InChI=1S/C10H18N4O2S/c1-7-6-14(5-4-11-7)17(15,16)10-8(2)12-13-9(10)3/h7,11H,4-6H2,1-3H3,(H,12,13)/t7-/m0/s1. The third kappa shape index (κ3) is 2.22. The molecule has 1 fully saturated rings. The van der Waals surface area contributed by atoms with Crippen molar-refractivity contribution in [3.63, 3.8) is 0 Å². The van der Waals surface area contributed by atoms with Crippen LogP contribution in [-0.2, 0) is 10.0 Å². The van der Waals surface area contributed by atoms with Gasteiger partial charge in [0.05, 0.1) is 11.4 Å². The van der Waals surface area contributed by atoms with Crippen molar-refractivity contribution in [1.82, 2.24) is 19.8 Å². The highest BCUT2D eigenvalue weighted by Gasteiger charge is 2.32. The molecule has 0 radical (unpaired) electrons. The first-order valence-electron chi connectivity index (χ1n) is 5.68. The molecular weight excluding hydrogens is 240 g/mol. The second kappa shape index (κ2) is 4.40. The molecule has 1 aliphatic rings. The first-order chi connectivity index (χ1) is 7.93. The summed E-state index contributed by atoms with van der Waals surface area (Å²) in [5.41, 5.74) is 1.14. The molecule has 6 nitrogen and oxygen atoms in total.